The molecule has 0 spiro atoms. The Morgan fingerprint density at radius 1 is 0.725 bits per heavy atom. The summed E-state index contributed by atoms with van der Waals surface area (Å²) >= 11 is 0. The Balaban J connectivity index is 1.14. The summed E-state index contributed by atoms with van der Waals surface area (Å²) in [5.74, 6) is 0. The topological polar surface area (TPSA) is 19.4 Å². The Morgan fingerprint density at radius 3 is 2.08 bits per heavy atom. The number of hydrogen-bond donors (Lipinski definition) is 0. The monoisotopic (exact) mass is 659 g/mol. The molecule has 0 amide bonds. The highest BCUT2D eigenvalue weighted by atomic mass is 15.2. The first-order valence-electron chi connectivity index (χ1n) is 18.1. The molecule has 0 bridgehead atoms. The van der Waals surface area contributed by atoms with Crippen molar-refractivity contribution in [3.05, 3.63) is 198 Å². The van der Waals surface area contributed by atoms with E-state index in [0.29, 0.717) is 0 Å². The van der Waals surface area contributed by atoms with E-state index in [1.165, 1.54) is 50.5 Å². The van der Waals surface area contributed by atoms with Gasteiger partial charge in [-0.25, -0.2) is 0 Å². The molecule has 3 heteroatoms. The normalized spacial score (nSPS) is 18.0. The number of rotatable bonds is 8. The maximum absolute atomic E-state index is 5.17. The molecule has 9 rings (SSSR count). The van der Waals surface area contributed by atoms with Gasteiger partial charge in [-0.15, -0.1) is 0 Å². The van der Waals surface area contributed by atoms with Crippen LogP contribution in [0.5, 0.6) is 0 Å². The average Bonchev–Trinajstić information content (AvgIpc) is 3.92. The fraction of sp³-hybridized carbons (Fsp3) is 0.146. The Kier molecular flexibility index (Phi) is 7.77. The molecule has 4 aromatic carbocycles. The van der Waals surface area contributed by atoms with Gasteiger partial charge in [0.25, 0.3) is 0 Å². The van der Waals surface area contributed by atoms with E-state index in [-0.39, 0.29) is 11.5 Å². The van der Waals surface area contributed by atoms with Gasteiger partial charge in [0.15, 0.2) is 0 Å². The van der Waals surface area contributed by atoms with Crippen molar-refractivity contribution in [1.29, 1.82) is 0 Å². The van der Waals surface area contributed by atoms with Crippen LogP contribution in [-0.4, -0.2) is 11.0 Å². The van der Waals surface area contributed by atoms with Crippen molar-refractivity contribution >= 4 is 33.9 Å². The molecule has 0 saturated carbocycles. The zero-order valence-electron chi connectivity index (χ0n) is 29.2. The molecule has 0 fully saturated rings. The van der Waals surface area contributed by atoms with E-state index in [4.69, 9.17) is 4.98 Å². The molecular weight excluding hydrogens is 619 g/mol. The number of hydrogen-bond acceptors (Lipinski definition) is 3. The van der Waals surface area contributed by atoms with Gasteiger partial charge in [-0.2, -0.15) is 0 Å². The fourth-order valence-electron chi connectivity index (χ4n) is 8.33. The van der Waals surface area contributed by atoms with Crippen LogP contribution in [0.1, 0.15) is 49.8 Å². The van der Waals surface area contributed by atoms with Crippen molar-refractivity contribution in [2.24, 2.45) is 0 Å². The quantitative estimate of drug-likeness (QED) is 0.165. The van der Waals surface area contributed by atoms with Crippen LogP contribution in [0.3, 0.4) is 0 Å². The number of nitrogens with zero attached hydrogens (tertiary/aromatic N) is 3. The first-order valence-corrected chi connectivity index (χ1v) is 18.1. The van der Waals surface area contributed by atoms with Gasteiger partial charge in [0.05, 0.1) is 23.6 Å². The van der Waals surface area contributed by atoms with E-state index < -0.39 is 0 Å². The molecule has 1 unspecified atom stereocenters. The van der Waals surface area contributed by atoms with Crippen molar-refractivity contribution in [2.45, 2.75) is 44.6 Å². The molecule has 1 atom stereocenters. The summed E-state index contributed by atoms with van der Waals surface area (Å²) in [5.41, 5.74) is 16.1. The van der Waals surface area contributed by atoms with Crippen LogP contribution in [0, 0.1) is 0 Å². The highest BCUT2D eigenvalue weighted by molar-refractivity contribution is 5.97. The number of pyridine rings is 1. The van der Waals surface area contributed by atoms with Gasteiger partial charge in [0.1, 0.15) is 0 Å². The van der Waals surface area contributed by atoms with Gasteiger partial charge in [0, 0.05) is 33.7 Å². The van der Waals surface area contributed by atoms with E-state index in [2.05, 4.69) is 188 Å². The van der Waals surface area contributed by atoms with Gasteiger partial charge in [0.2, 0.25) is 0 Å². The maximum Gasteiger partial charge on any atom is 0.0718 e. The minimum Gasteiger partial charge on any atom is -0.331 e. The highest BCUT2D eigenvalue weighted by Gasteiger charge is 2.40. The lowest BCUT2D eigenvalue weighted by Crippen LogP contribution is -2.26. The zero-order chi connectivity index (χ0) is 34.4. The van der Waals surface area contributed by atoms with Crippen molar-refractivity contribution in [3.8, 4) is 11.3 Å². The first-order chi connectivity index (χ1) is 25.1. The molecule has 1 heterocycles. The number of allylic oxidation sites excluding steroid dienone is 10. The van der Waals surface area contributed by atoms with Crippen LogP contribution < -0.4 is 9.80 Å². The van der Waals surface area contributed by atoms with Crippen LogP contribution in [-0.2, 0) is 5.41 Å². The summed E-state index contributed by atoms with van der Waals surface area (Å²) in [6.45, 7) is 4.78. The van der Waals surface area contributed by atoms with E-state index in [0.717, 1.165) is 41.9 Å². The number of aromatic nitrogens is 1. The SMILES string of the molecule is CC1(C)C2=C(C=CC2)c2c(C3=CC(N(c4ccccc4)c4ccccc4)C=C3)cc(-c3ccc(N(C4=CC=CCC4)c4ccccc4)cn3)cc21. The number of para-hydroxylation sites is 3. The summed E-state index contributed by atoms with van der Waals surface area (Å²) < 4.78 is 0. The van der Waals surface area contributed by atoms with E-state index in [1.54, 1.807) is 0 Å². The fourth-order valence-corrected chi connectivity index (χ4v) is 8.33. The first kappa shape index (κ1) is 31.1. The number of benzene rings is 4. The van der Waals surface area contributed by atoms with Gasteiger partial charge in [-0.05, 0) is 119 Å². The molecule has 4 aliphatic rings. The summed E-state index contributed by atoms with van der Waals surface area (Å²) in [7, 11) is 0. The van der Waals surface area contributed by atoms with Crippen LogP contribution >= 0.6 is 0 Å². The minimum atomic E-state index is -0.0632. The molecule has 3 nitrogen and oxygen atoms in total. The predicted molar refractivity (Wildman–Crippen MR) is 214 cm³/mol. The third-order valence-corrected chi connectivity index (χ3v) is 10.9. The van der Waals surface area contributed by atoms with Crippen molar-refractivity contribution in [1.82, 2.24) is 4.98 Å². The van der Waals surface area contributed by atoms with Crippen molar-refractivity contribution in [2.75, 3.05) is 9.80 Å². The Hall–Kier alpha value is -5.93. The van der Waals surface area contributed by atoms with Crippen LogP contribution in [0.4, 0.5) is 22.7 Å². The lowest BCUT2D eigenvalue weighted by molar-refractivity contribution is 0.627. The minimum absolute atomic E-state index is 0.0632. The predicted octanol–water partition coefficient (Wildman–Crippen LogP) is 12.3. The Labute approximate surface area is 301 Å². The summed E-state index contributed by atoms with van der Waals surface area (Å²) in [6, 6.07) is 41.4. The average molecular weight is 660 g/mol. The van der Waals surface area contributed by atoms with Gasteiger partial charge in [-0.1, -0.05) is 111 Å². The molecule has 5 aromatic rings. The molecule has 0 aliphatic heterocycles. The second kappa shape index (κ2) is 12.8. The third kappa shape index (κ3) is 5.50. The molecule has 0 saturated heterocycles. The lowest BCUT2D eigenvalue weighted by atomic mass is 9.78. The molecule has 0 N–H and O–H groups in total. The maximum atomic E-state index is 5.17. The Morgan fingerprint density at radius 2 is 1.43 bits per heavy atom. The van der Waals surface area contributed by atoms with Gasteiger partial charge in [-0.3, -0.25) is 4.98 Å². The molecule has 0 radical (unpaired) electrons. The van der Waals surface area contributed by atoms with Crippen molar-refractivity contribution in [3.63, 3.8) is 0 Å². The summed E-state index contributed by atoms with van der Waals surface area (Å²) in [5, 5.41) is 0. The van der Waals surface area contributed by atoms with E-state index in [1.807, 2.05) is 6.20 Å². The molecule has 248 valence electrons. The highest BCUT2D eigenvalue weighted by Crippen LogP contribution is 2.54. The van der Waals surface area contributed by atoms with Crippen LogP contribution in [0.25, 0.3) is 22.4 Å². The van der Waals surface area contributed by atoms with E-state index in [9.17, 15) is 0 Å². The van der Waals surface area contributed by atoms with Crippen molar-refractivity contribution < 1.29 is 0 Å². The van der Waals surface area contributed by atoms with Crippen LogP contribution in [0.15, 0.2) is 181 Å². The van der Waals surface area contributed by atoms with Gasteiger partial charge < -0.3 is 9.80 Å². The second-order valence-electron chi connectivity index (χ2n) is 14.3. The van der Waals surface area contributed by atoms with E-state index >= 15 is 0 Å². The molecule has 51 heavy (non-hydrogen) atoms. The molecular formula is C48H41N3. The zero-order valence-corrected chi connectivity index (χ0v) is 29.2. The lowest BCUT2D eigenvalue weighted by Gasteiger charge is -2.29. The second-order valence-corrected chi connectivity index (χ2v) is 14.3. The standard InChI is InChI=1S/C48H41N3/c1-48(2)44-25-15-24-42(44)47-43(34-26-27-40(30-34)50(36-16-7-3-8-17-36)37-18-9-4-10-19-37)31-35(32-45(47)48)46-29-28-41(33-49-46)51(38-20-11-5-12-21-38)39-22-13-6-14-23-39/h3-13,15-22,24,26-33,40H,14,23,25H2,1-2H3. The molecule has 1 aromatic heterocycles. The van der Waals surface area contributed by atoms with Gasteiger partial charge >= 0.3 is 0 Å². The number of anilines is 4. The summed E-state index contributed by atoms with van der Waals surface area (Å²) in [4.78, 5) is 9.94. The smallest absolute Gasteiger partial charge is 0.0718 e. The number of fused-ring (bicyclic) bond motifs is 2. The van der Waals surface area contributed by atoms with Crippen LogP contribution in [0.2, 0.25) is 0 Å². The summed E-state index contributed by atoms with van der Waals surface area (Å²) in [6.07, 6.45) is 23.5. The third-order valence-electron chi connectivity index (χ3n) is 10.9. The largest absolute Gasteiger partial charge is 0.331 e. The Bertz CT molecular complexity index is 2250. The molecule has 4 aliphatic carbocycles.